The van der Waals surface area contributed by atoms with Gasteiger partial charge >= 0.3 is 12.2 Å². The fourth-order valence-electron chi connectivity index (χ4n) is 9.00. The third kappa shape index (κ3) is 5.93. The lowest BCUT2D eigenvalue weighted by molar-refractivity contribution is -0.137. The number of aryl methyl sites for hydroxylation is 3. The Bertz CT molecular complexity index is 2450. The minimum Gasteiger partial charge on any atom is -0.472 e. The second kappa shape index (κ2) is 13.6. The summed E-state index contributed by atoms with van der Waals surface area (Å²) in [6.07, 6.45) is 2.09. The Morgan fingerprint density at radius 2 is 1.91 bits per heavy atom. The molecule has 3 fully saturated rings. The van der Waals surface area contributed by atoms with E-state index in [0.717, 1.165) is 43.4 Å². The highest BCUT2D eigenvalue weighted by molar-refractivity contribution is 6.14. The largest absolute Gasteiger partial charge is 0.472 e. The van der Waals surface area contributed by atoms with Crippen molar-refractivity contribution in [2.75, 3.05) is 26.3 Å². The van der Waals surface area contributed by atoms with Crippen LogP contribution in [0.25, 0.3) is 44.2 Å². The molecule has 0 radical (unpaired) electrons. The molecule has 11 nitrogen and oxygen atoms in total. The Kier molecular flexibility index (Phi) is 8.83. The van der Waals surface area contributed by atoms with E-state index >= 15 is 13.2 Å². The summed E-state index contributed by atoms with van der Waals surface area (Å²) < 4.78 is 83.3. The van der Waals surface area contributed by atoms with E-state index in [9.17, 15) is 4.39 Å². The van der Waals surface area contributed by atoms with Gasteiger partial charge < -0.3 is 18.8 Å². The number of aromatic nitrogens is 7. The van der Waals surface area contributed by atoms with E-state index in [4.69, 9.17) is 29.3 Å². The van der Waals surface area contributed by atoms with Gasteiger partial charge in [-0.1, -0.05) is 30.3 Å². The number of nitrogens with zero attached hydrogens (tertiary/aromatic N) is 8. The number of hydrogen-bond acceptors (Lipinski definition) is 8. The number of benzene rings is 2. The number of hydrogen-bond donors (Lipinski definition) is 0. The highest BCUT2D eigenvalue weighted by atomic mass is 19.4. The average molecular weight is 759 g/mol. The van der Waals surface area contributed by atoms with E-state index in [-0.39, 0.29) is 53.7 Å². The molecular formula is C40H42F4N8O3. The van der Waals surface area contributed by atoms with Gasteiger partial charge in [-0.05, 0) is 81.7 Å². The van der Waals surface area contributed by atoms with Crippen LogP contribution in [0.5, 0.6) is 11.9 Å². The number of rotatable bonds is 9. The fourth-order valence-corrected chi connectivity index (χ4v) is 9.00. The van der Waals surface area contributed by atoms with Crippen LogP contribution in [0.1, 0.15) is 68.4 Å². The predicted octanol–water partition coefficient (Wildman–Crippen LogP) is 8.43. The van der Waals surface area contributed by atoms with Gasteiger partial charge in [0.05, 0.1) is 34.7 Å². The first-order valence-electron chi connectivity index (χ1n) is 18.9. The summed E-state index contributed by atoms with van der Waals surface area (Å²) >= 11 is 0. The van der Waals surface area contributed by atoms with Crippen molar-refractivity contribution >= 4 is 33.0 Å². The molecule has 0 saturated carbocycles. The van der Waals surface area contributed by atoms with Crippen molar-refractivity contribution in [3.8, 4) is 23.1 Å². The lowest BCUT2D eigenvalue weighted by Crippen LogP contribution is -2.43. The van der Waals surface area contributed by atoms with E-state index in [1.807, 2.05) is 37.3 Å². The summed E-state index contributed by atoms with van der Waals surface area (Å²) in [5.74, 6) is 0.222. The summed E-state index contributed by atoms with van der Waals surface area (Å²) in [6, 6.07) is 11.2. The standard InChI is InChI=1S/C40H42F4N8O3/c1-4-51-34-31-36(46-38(47-37(31)54-22-25-11-6-5-7-12-25)55-23-39-14-10-15-50(39)21-26(18-39)19-41)49(3)35(34)33(48-51)30-27-20-45-52(29-13-8-9-16-53-29)28(27)17-24(2)32(30)40(42,43)44/h5-7,11-12,17,19-20,29H,4,8-10,13-16,18,21-23H2,1-3H3/b26-19-/t29?,39-/m0/s1. The summed E-state index contributed by atoms with van der Waals surface area (Å²) in [4.78, 5) is 11.9. The molecule has 1 unspecified atom stereocenters. The van der Waals surface area contributed by atoms with E-state index in [0.29, 0.717) is 71.8 Å². The van der Waals surface area contributed by atoms with Gasteiger partial charge in [0.15, 0.2) is 11.9 Å². The molecule has 7 heterocycles. The maximum absolute atomic E-state index is 15.2. The Balaban J connectivity index is 1.24. The van der Waals surface area contributed by atoms with Gasteiger partial charge in [-0.2, -0.15) is 33.3 Å². The maximum Gasteiger partial charge on any atom is 0.417 e. The van der Waals surface area contributed by atoms with Gasteiger partial charge in [0.2, 0.25) is 5.88 Å². The predicted molar refractivity (Wildman–Crippen MR) is 198 cm³/mol. The molecule has 3 aliphatic rings. The van der Waals surface area contributed by atoms with Crippen LogP contribution in [0.3, 0.4) is 0 Å². The lowest BCUT2D eigenvalue weighted by atomic mass is 9.94. The van der Waals surface area contributed by atoms with E-state index in [1.54, 1.807) is 27.0 Å². The molecule has 2 atom stereocenters. The first-order chi connectivity index (χ1) is 26.6. The molecule has 55 heavy (non-hydrogen) atoms. The number of ether oxygens (including phenoxy) is 3. The van der Waals surface area contributed by atoms with Gasteiger partial charge in [0.25, 0.3) is 0 Å². The van der Waals surface area contributed by atoms with E-state index in [1.165, 1.54) is 13.1 Å². The molecule has 9 rings (SSSR count). The number of halogens is 4. The highest BCUT2D eigenvalue weighted by Gasteiger charge is 2.47. The zero-order chi connectivity index (χ0) is 38.1. The lowest BCUT2D eigenvalue weighted by Gasteiger charge is -2.30. The van der Waals surface area contributed by atoms with Crippen LogP contribution < -0.4 is 9.47 Å². The Morgan fingerprint density at radius 3 is 2.65 bits per heavy atom. The van der Waals surface area contributed by atoms with Crippen molar-refractivity contribution in [2.24, 2.45) is 7.05 Å². The molecule has 6 aromatic rings. The van der Waals surface area contributed by atoms with Gasteiger partial charge in [-0.15, -0.1) is 0 Å². The van der Waals surface area contributed by atoms with Gasteiger partial charge in [0, 0.05) is 37.7 Å². The molecule has 0 N–H and O–H groups in total. The molecular weight excluding hydrogens is 716 g/mol. The second-order valence-corrected chi connectivity index (χ2v) is 15.0. The summed E-state index contributed by atoms with van der Waals surface area (Å²) in [7, 11) is 1.76. The Hall–Kier alpha value is -5.02. The van der Waals surface area contributed by atoms with Crippen LogP contribution in [0, 0.1) is 6.92 Å². The molecule has 0 bridgehead atoms. The second-order valence-electron chi connectivity index (χ2n) is 15.0. The van der Waals surface area contributed by atoms with Crippen molar-refractivity contribution < 1.29 is 31.8 Å². The monoisotopic (exact) mass is 758 g/mol. The van der Waals surface area contributed by atoms with E-state index in [2.05, 4.69) is 10.00 Å². The topological polar surface area (TPSA) is 97.3 Å². The van der Waals surface area contributed by atoms with Crippen LogP contribution in [0.15, 0.2) is 54.5 Å². The van der Waals surface area contributed by atoms with Crippen LogP contribution in [0.4, 0.5) is 17.6 Å². The maximum atomic E-state index is 15.2. The highest BCUT2D eigenvalue weighted by Crippen LogP contribution is 2.48. The van der Waals surface area contributed by atoms with Crippen LogP contribution in [-0.4, -0.2) is 70.8 Å². The van der Waals surface area contributed by atoms with Crippen molar-refractivity contribution in [1.82, 2.24) is 39.0 Å². The van der Waals surface area contributed by atoms with Gasteiger partial charge in [0.1, 0.15) is 29.8 Å². The van der Waals surface area contributed by atoms with Gasteiger partial charge in [-0.3, -0.25) is 9.58 Å². The van der Waals surface area contributed by atoms with Crippen molar-refractivity contribution in [3.63, 3.8) is 0 Å². The first kappa shape index (κ1) is 35.7. The van der Waals surface area contributed by atoms with E-state index < -0.39 is 11.7 Å². The molecule has 3 aliphatic heterocycles. The van der Waals surface area contributed by atoms with Crippen molar-refractivity contribution in [1.29, 1.82) is 0 Å². The van der Waals surface area contributed by atoms with Crippen molar-refractivity contribution in [3.05, 3.63) is 71.2 Å². The summed E-state index contributed by atoms with van der Waals surface area (Å²) in [5, 5.41) is 10.3. The van der Waals surface area contributed by atoms with Crippen molar-refractivity contribution in [2.45, 2.75) is 83.5 Å². The molecule has 4 aromatic heterocycles. The van der Waals surface area contributed by atoms with Crippen LogP contribution >= 0.6 is 0 Å². The SMILES string of the molecule is CCn1nc(-c2c(C(F)(F)F)c(C)cc3c2cnn3C2CCCCO2)c2c1c1c(OCc3ccccc3)nc(OC[C@@]34CCCN3C/C(=C\F)C4)nc1n2C. The Morgan fingerprint density at radius 1 is 1.07 bits per heavy atom. The fraction of sp³-hybridized carbons (Fsp3) is 0.450. The molecule has 0 amide bonds. The molecule has 288 valence electrons. The molecule has 15 heteroatoms. The minimum atomic E-state index is -4.69. The third-order valence-electron chi connectivity index (χ3n) is 11.5. The zero-order valence-electron chi connectivity index (χ0n) is 31.0. The Labute approximate surface area is 314 Å². The third-order valence-corrected chi connectivity index (χ3v) is 11.5. The number of fused-ring (bicyclic) bond motifs is 5. The summed E-state index contributed by atoms with van der Waals surface area (Å²) in [6.45, 7) is 6.11. The summed E-state index contributed by atoms with van der Waals surface area (Å²) in [5.41, 5.74) is 2.61. The first-order valence-corrected chi connectivity index (χ1v) is 18.9. The smallest absolute Gasteiger partial charge is 0.417 e. The minimum absolute atomic E-state index is 0.0535. The zero-order valence-corrected chi connectivity index (χ0v) is 31.0. The van der Waals surface area contributed by atoms with Gasteiger partial charge in [-0.25, -0.2) is 9.07 Å². The molecule has 2 aromatic carbocycles. The average Bonchev–Trinajstić information content (AvgIpc) is 4.00. The number of alkyl halides is 3. The normalized spacial score (nSPS) is 21.4. The van der Waals surface area contributed by atoms with Crippen LogP contribution in [0.2, 0.25) is 0 Å². The quantitative estimate of drug-likeness (QED) is 0.136. The molecule has 0 aliphatic carbocycles. The molecule has 0 spiro atoms. The molecule has 3 saturated heterocycles. The van der Waals surface area contributed by atoms with Crippen LogP contribution in [-0.2, 0) is 31.1 Å².